The fourth-order valence-corrected chi connectivity index (χ4v) is 3.42. The molecule has 25 heavy (non-hydrogen) atoms. The molecule has 0 aromatic heterocycles. The Morgan fingerprint density at radius 3 is 2.44 bits per heavy atom. The lowest BCUT2D eigenvalue weighted by molar-refractivity contribution is 0.132. The quantitative estimate of drug-likeness (QED) is 0.797. The first-order valence-corrected chi connectivity index (χ1v) is 9.37. The Morgan fingerprint density at radius 1 is 1.20 bits per heavy atom. The van der Waals surface area contributed by atoms with Crippen LogP contribution in [0.2, 0.25) is 0 Å². The maximum absolute atomic E-state index is 12.4. The molecule has 1 fully saturated rings. The molecule has 1 aliphatic carbocycles. The molecule has 2 N–H and O–H groups in total. The summed E-state index contributed by atoms with van der Waals surface area (Å²) in [4.78, 5) is 16.5. The Hall–Kier alpha value is -1.59. The van der Waals surface area contributed by atoms with Crippen LogP contribution < -0.4 is 5.32 Å². The molecular weight excluding hydrogens is 314 g/mol. The summed E-state index contributed by atoms with van der Waals surface area (Å²) >= 11 is 0. The predicted molar refractivity (Wildman–Crippen MR) is 101 cm³/mol. The largest absolute Gasteiger partial charge is 0.396 e. The number of benzene rings is 1. The van der Waals surface area contributed by atoms with Crippen molar-refractivity contribution >= 4 is 6.03 Å². The zero-order valence-corrected chi connectivity index (χ0v) is 15.8. The van der Waals surface area contributed by atoms with Gasteiger partial charge in [0.15, 0.2) is 0 Å². The van der Waals surface area contributed by atoms with Crippen molar-refractivity contribution in [1.29, 1.82) is 0 Å². The summed E-state index contributed by atoms with van der Waals surface area (Å²) in [5, 5.41) is 12.3. The number of carbonyl (C=O) groups excluding carboxylic acids is 1. The van der Waals surface area contributed by atoms with Gasteiger partial charge in [0.2, 0.25) is 0 Å². The smallest absolute Gasteiger partial charge is 0.317 e. The Morgan fingerprint density at radius 2 is 1.84 bits per heavy atom. The molecule has 5 heteroatoms. The van der Waals surface area contributed by atoms with E-state index in [0.29, 0.717) is 18.5 Å². The molecule has 2 rings (SSSR count). The van der Waals surface area contributed by atoms with E-state index in [4.69, 9.17) is 0 Å². The second kappa shape index (κ2) is 9.78. The van der Waals surface area contributed by atoms with E-state index < -0.39 is 0 Å². The number of aliphatic hydroxyl groups is 1. The lowest BCUT2D eigenvalue weighted by Gasteiger charge is -2.34. The molecule has 1 aromatic carbocycles. The van der Waals surface area contributed by atoms with Crippen LogP contribution in [0.3, 0.4) is 0 Å². The minimum Gasteiger partial charge on any atom is -0.396 e. The first-order chi connectivity index (χ1) is 12.0. The number of nitrogens with one attached hydrogen (secondary N) is 1. The van der Waals surface area contributed by atoms with Gasteiger partial charge in [-0.05, 0) is 51.1 Å². The van der Waals surface area contributed by atoms with Gasteiger partial charge in [-0.3, -0.25) is 4.90 Å². The molecule has 1 aliphatic rings. The van der Waals surface area contributed by atoms with Gasteiger partial charge in [0, 0.05) is 38.8 Å². The van der Waals surface area contributed by atoms with E-state index in [0.717, 1.165) is 32.2 Å². The van der Waals surface area contributed by atoms with Crippen LogP contribution in [0.15, 0.2) is 30.3 Å². The Kier molecular flexibility index (Phi) is 7.72. The number of carbonyl (C=O) groups is 1. The standard InChI is InChI=1S/C20H33N3O2/c1-16(22(2)14-17-7-5-4-6-8-17)13-21-20(25)23(3)19-11-9-18(15-24)10-12-19/h4-8,16,18-19,24H,9-15H2,1-3H3,(H,21,25). The highest BCUT2D eigenvalue weighted by Crippen LogP contribution is 2.26. The summed E-state index contributed by atoms with van der Waals surface area (Å²) in [7, 11) is 3.97. The highest BCUT2D eigenvalue weighted by molar-refractivity contribution is 5.74. The SMILES string of the molecule is CC(CNC(=O)N(C)C1CCC(CO)CC1)N(C)Cc1ccccc1. The average molecular weight is 348 g/mol. The number of nitrogens with zero attached hydrogens (tertiary/aromatic N) is 2. The molecule has 0 spiro atoms. The molecule has 1 atom stereocenters. The fourth-order valence-electron chi connectivity index (χ4n) is 3.42. The Bertz CT molecular complexity index is 515. The highest BCUT2D eigenvalue weighted by atomic mass is 16.3. The van der Waals surface area contributed by atoms with Gasteiger partial charge in [0.1, 0.15) is 0 Å². The number of likely N-dealkylation sites (N-methyl/N-ethyl adjacent to an activating group) is 1. The first kappa shape index (κ1) is 19.7. The van der Waals surface area contributed by atoms with Gasteiger partial charge in [-0.2, -0.15) is 0 Å². The molecule has 0 saturated heterocycles. The van der Waals surface area contributed by atoms with E-state index in [1.54, 1.807) is 0 Å². The van der Waals surface area contributed by atoms with Crippen molar-refractivity contribution in [2.45, 2.75) is 51.2 Å². The molecule has 0 heterocycles. The van der Waals surface area contributed by atoms with Gasteiger partial charge in [-0.1, -0.05) is 30.3 Å². The van der Waals surface area contributed by atoms with Crippen LogP contribution in [-0.2, 0) is 6.54 Å². The Balaban J connectivity index is 1.73. The van der Waals surface area contributed by atoms with Crippen molar-refractivity contribution in [3.05, 3.63) is 35.9 Å². The fraction of sp³-hybridized carbons (Fsp3) is 0.650. The minimum absolute atomic E-state index is 0.00686. The van der Waals surface area contributed by atoms with Crippen molar-refractivity contribution in [3.8, 4) is 0 Å². The van der Waals surface area contributed by atoms with E-state index in [1.165, 1.54) is 5.56 Å². The van der Waals surface area contributed by atoms with Crippen LogP contribution in [0.25, 0.3) is 0 Å². The van der Waals surface area contributed by atoms with Crippen LogP contribution in [0.5, 0.6) is 0 Å². The predicted octanol–water partition coefficient (Wildman–Crippen LogP) is 2.70. The first-order valence-electron chi connectivity index (χ1n) is 9.37. The van der Waals surface area contributed by atoms with Gasteiger partial charge in [-0.15, -0.1) is 0 Å². The summed E-state index contributed by atoms with van der Waals surface area (Å²) in [6, 6.07) is 10.9. The normalized spacial score (nSPS) is 21.8. The second-order valence-electron chi connectivity index (χ2n) is 7.40. The molecule has 140 valence electrons. The van der Waals surface area contributed by atoms with E-state index in [2.05, 4.69) is 48.5 Å². The summed E-state index contributed by atoms with van der Waals surface area (Å²) in [6.45, 7) is 3.92. The third-order valence-electron chi connectivity index (χ3n) is 5.52. The molecule has 1 aromatic rings. The van der Waals surface area contributed by atoms with Crippen molar-refractivity contribution in [1.82, 2.24) is 15.1 Å². The number of aliphatic hydroxyl groups excluding tert-OH is 1. The van der Waals surface area contributed by atoms with E-state index >= 15 is 0 Å². The summed E-state index contributed by atoms with van der Waals surface area (Å²) in [5.41, 5.74) is 1.28. The summed E-state index contributed by atoms with van der Waals surface area (Å²) < 4.78 is 0. The number of hydrogen-bond acceptors (Lipinski definition) is 3. The lowest BCUT2D eigenvalue weighted by Crippen LogP contribution is -2.48. The van der Waals surface area contributed by atoms with Crippen LogP contribution in [0.4, 0.5) is 4.79 Å². The topological polar surface area (TPSA) is 55.8 Å². The van der Waals surface area contributed by atoms with Crippen molar-refractivity contribution in [3.63, 3.8) is 0 Å². The molecule has 0 bridgehead atoms. The molecular formula is C20H33N3O2. The lowest BCUT2D eigenvalue weighted by atomic mass is 9.86. The number of hydrogen-bond donors (Lipinski definition) is 2. The molecule has 0 radical (unpaired) electrons. The van der Waals surface area contributed by atoms with Crippen molar-refractivity contribution < 1.29 is 9.90 Å². The number of rotatable bonds is 7. The maximum Gasteiger partial charge on any atom is 0.317 e. The van der Waals surface area contributed by atoms with Crippen LogP contribution in [-0.4, -0.2) is 60.3 Å². The highest BCUT2D eigenvalue weighted by Gasteiger charge is 2.26. The second-order valence-corrected chi connectivity index (χ2v) is 7.40. The van der Waals surface area contributed by atoms with Crippen LogP contribution in [0, 0.1) is 5.92 Å². The van der Waals surface area contributed by atoms with Gasteiger partial charge in [-0.25, -0.2) is 4.79 Å². The van der Waals surface area contributed by atoms with Gasteiger partial charge in [0.25, 0.3) is 0 Å². The van der Waals surface area contributed by atoms with E-state index in [-0.39, 0.29) is 18.7 Å². The molecule has 1 unspecified atom stereocenters. The molecule has 0 aliphatic heterocycles. The minimum atomic E-state index is 0.00686. The van der Waals surface area contributed by atoms with E-state index in [1.807, 2.05) is 18.0 Å². The number of amides is 2. The zero-order chi connectivity index (χ0) is 18.2. The Labute approximate surface area is 152 Å². The van der Waals surface area contributed by atoms with Crippen molar-refractivity contribution in [2.75, 3.05) is 27.2 Å². The monoisotopic (exact) mass is 347 g/mol. The summed E-state index contributed by atoms with van der Waals surface area (Å²) in [5.74, 6) is 0.416. The van der Waals surface area contributed by atoms with Crippen LogP contribution >= 0.6 is 0 Å². The van der Waals surface area contributed by atoms with Gasteiger partial charge in [0.05, 0.1) is 0 Å². The number of urea groups is 1. The third kappa shape index (κ3) is 6.01. The van der Waals surface area contributed by atoms with Crippen molar-refractivity contribution in [2.24, 2.45) is 5.92 Å². The molecule has 5 nitrogen and oxygen atoms in total. The zero-order valence-electron chi connectivity index (χ0n) is 15.8. The average Bonchev–Trinajstić information content (AvgIpc) is 2.66. The molecule has 2 amide bonds. The maximum atomic E-state index is 12.4. The van der Waals surface area contributed by atoms with Crippen LogP contribution in [0.1, 0.15) is 38.2 Å². The molecule has 1 saturated carbocycles. The van der Waals surface area contributed by atoms with Gasteiger partial charge < -0.3 is 15.3 Å². The van der Waals surface area contributed by atoms with E-state index in [9.17, 15) is 9.90 Å². The third-order valence-corrected chi connectivity index (χ3v) is 5.52. The van der Waals surface area contributed by atoms with Gasteiger partial charge >= 0.3 is 6.03 Å². The summed E-state index contributed by atoms with van der Waals surface area (Å²) in [6.07, 6.45) is 3.99.